The summed E-state index contributed by atoms with van der Waals surface area (Å²) in [6, 6.07) is 5.23. The molecule has 3 N–H and O–H groups in total. The third-order valence-electron chi connectivity index (χ3n) is 3.31. The Balaban J connectivity index is 2.02. The van der Waals surface area contributed by atoms with E-state index in [1.807, 2.05) is 11.8 Å². The minimum Gasteiger partial charge on any atom is -0.398 e. The van der Waals surface area contributed by atoms with Gasteiger partial charge in [-0.3, -0.25) is 4.79 Å². The van der Waals surface area contributed by atoms with Gasteiger partial charge in [-0.05, 0) is 43.7 Å². The second kappa shape index (κ2) is 5.85. The zero-order valence-corrected chi connectivity index (χ0v) is 11.9. The fourth-order valence-electron chi connectivity index (χ4n) is 2.27. The molecule has 0 aliphatic heterocycles. The van der Waals surface area contributed by atoms with E-state index in [1.54, 1.807) is 18.2 Å². The number of hydrogen-bond donors (Lipinski definition) is 2. The summed E-state index contributed by atoms with van der Waals surface area (Å²) in [4.78, 5) is 12.1. The van der Waals surface area contributed by atoms with E-state index in [4.69, 9.17) is 17.3 Å². The first-order chi connectivity index (χ1) is 8.60. The summed E-state index contributed by atoms with van der Waals surface area (Å²) in [5, 5.41) is 4.23. The van der Waals surface area contributed by atoms with Gasteiger partial charge in [0, 0.05) is 22.0 Å². The summed E-state index contributed by atoms with van der Waals surface area (Å²) in [7, 11) is 0. The third-order valence-corrected chi connectivity index (χ3v) is 4.64. The number of rotatable bonds is 3. The number of carbonyl (C=O) groups is 1. The zero-order chi connectivity index (χ0) is 13.1. The number of nitrogens with two attached hydrogens (primary N) is 1. The number of amides is 1. The maximum absolute atomic E-state index is 12.1. The Kier molecular flexibility index (Phi) is 4.40. The molecule has 0 radical (unpaired) electrons. The number of nitrogens with one attached hydrogen (secondary N) is 1. The predicted octanol–water partition coefficient (Wildman–Crippen LogP) is 2.94. The molecule has 1 fully saturated rings. The molecular weight excluding hydrogens is 268 g/mol. The van der Waals surface area contributed by atoms with Crippen molar-refractivity contribution in [2.24, 2.45) is 0 Å². The largest absolute Gasteiger partial charge is 0.398 e. The van der Waals surface area contributed by atoms with Gasteiger partial charge in [-0.1, -0.05) is 11.6 Å². The lowest BCUT2D eigenvalue weighted by Gasteiger charge is -2.14. The zero-order valence-electron chi connectivity index (χ0n) is 10.3. The standard InChI is InChI=1S/C13H17ClN2OS/c1-18-10-4-3-9(7-10)16-13(17)11-6-8(14)2-5-12(11)15/h2,5-6,9-10H,3-4,7,15H2,1H3,(H,16,17). The highest BCUT2D eigenvalue weighted by Gasteiger charge is 2.25. The molecule has 98 valence electrons. The van der Waals surface area contributed by atoms with Gasteiger partial charge in [0.25, 0.3) is 5.91 Å². The van der Waals surface area contributed by atoms with Gasteiger partial charge >= 0.3 is 0 Å². The summed E-state index contributed by atoms with van der Waals surface area (Å²) in [6.45, 7) is 0. The van der Waals surface area contributed by atoms with Crippen molar-refractivity contribution in [2.75, 3.05) is 12.0 Å². The van der Waals surface area contributed by atoms with Crippen LogP contribution in [0, 0.1) is 0 Å². The minimum atomic E-state index is -0.123. The van der Waals surface area contributed by atoms with E-state index < -0.39 is 0 Å². The van der Waals surface area contributed by atoms with Crippen molar-refractivity contribution in [1.82, 2.24) is 5.32 Å². The number of benzene rings is 1. The summed E-state index contributed by atoms with van der Waals surface area (Å²) >= 11 is 7.75. The van der Waals surface area contributed by atoms with Gasteiger partial charge in [0.15, 0.2) is 0 Å². The Morgan fingerprint density at radius 2 is 2.28 bits per heavy atom. The molecule has 0 saturated heterocycles. The average molecular weight is 285 g/mol. The van der Waals surface area contributed by atoms with Crippen molar-refractivity contribution >= 4 is 35.0 Å². The van der Waals surface area contributed by atoms with Gasteiger partial charge in [0.2, 0.25) is 0 Å². The van der Waals surface area contributed by atoms with Gasteiger partial charge in [-0.15, -0.1) is 0 Å². The van der Waals surface area contributed by atoms with E-state index in [2.05, 4.69) is 11.6 Å². The number of hydrogen-bond acceptors (Lipinski definition) is 3. The van der Waals surface area contributed by atoms with Crippen LogP contribution >= 0.6 is 23.4 Å². The van der Waals surface area contributed by atoms with Crippen LogP contribution in [0.4, 0.5) is 5.69 Å². The van der Waals surface area contributed by atoms with Crippen molar-refractivity contribution in [1.29, 1.82) is 0 Å². The number of thioether (sulfide) groups is 1. The SMILES string of the molecule is CSC1CCC(NC(=O)c2cc(Cl)ccc2N)C1. The molecule has 1 aliphatic carbocycles. The van der Waals surface area contributed by atoms with Crippen molar-refractivity contribution in [3.05, 3.63) is 28.8 Å². The molecule has 2 rings (SSSR count). The van der Waals surface area contributed by atoms with E-state index >= 15 is 0 Å². The summed E-state index contributed by atoms with van der Waals surface area (Å²) < 4.78 is 0. The van der Waals surface area contributed by atoms with Crippen molar-refractivity contribution in [2.45, 2.75) is 30.6 Å². The van der Waals surface area contributed by atoms with Crippen LogP contribution in [0.25, 0.3) is 0 Å². The van der Waals surface area contributed by atoms with E-state index in [-0.39, 0.29) is 11.9 Å². The van der Waals surface area contributed by atoms with E-state index in [1.165, 1.54) is 0 Å². The van der Waals surface area contributed by atoms with Gasteiger partial charge < -0.3 is 11.1 Å². The predicted molar refractivity (Wildman–Crippen MR) is 78.3 cm³/mol. The van der Waals surface area contributed by atoms with Crippen molar-refractivity contribution in [3.63, 3.8) is 0 Å². The Labute approximate surface area is 116 Å². The molecule has 18 heavy (non-hydrogen) atoms. The maximum atomic E-state index is 12.1. The normalized spacial score (nSPS) is 23.0. The van der Waals surface area contributed by atoms with Crippen LogP contribution in [-0.2, 0) is 0 Å². The first kappa shape index (κ1) is 13.6. The molecule has 0 bridgehead atoms. The lowest BCUT2D eigenvalue weighted by atomic mass is 10.1. The molecule has 1 amide bonds. The Hall–Kier alpha value is -0.870. The Bertz CT molecular complexity index is 453. The molecule has 1 aromatic rings. The van der Waals surface area contributed by atoms with Crippen LogP contribution in [0.1, 0.15) is 29.6 Å². The number of nitrogen functional groups attached to an aromatic ring is 1. The maximum Gasteiger partial charge on any atom is 0.253 e. The van der Waals surface area contributed by atoms with Crippen molar-refractivity contribution < 1.29 is 4.79 Å². The molecule has 0 spiro atoms. The Morgan fingerprint density at radius 1 is 1.50 bits per heavy atom. The first-order valence-corrected chi connectivity index (χ1v) is 7.65. The quantitative estimate of drug-likeness (QED) is 0.839. The summed E-state index contributed by atoms with van der Waals surface area (Å²) in [5.41, 5.74) is 6.73. The van der Waals surface area contributed by atoms with Crippen molar-refractivity contribution in [3.8, 4) is 0 Å². The molecule has 5 heteroatoms. The van der Waals surface area contributed by atoms with Gasteiger partial charge in [0.1, 0.15) is 0 Å². The summed E-state index contributed by atoms with van der Waals surface area (Å²) in [5.74, 6) is -0.123. The fourth-order valence-corrected chi connectivity index (χ4v) is 3.24. The van der Waals surface area contributed by atoms with Gasteiger partial charge in [-0.25, -0.2) is 0 Å². The van der Waals surface area contributed by atoms with Crippen LogP contribution < -0.4 is 11.1 Å². The van der Waals surface area contributed by atoms with Gasteiger partial charge in [0.05, 0.1) is 5.56 Å². The molecule has 0 aromatic heterocycles. The van der Waals surface area contributed by atoms with Crippen LogP contribution in [0.15, 0.2) is 18.2 Å². The molecule has 2 unspecified atom stereocenters. The highest BCUT2D eigenvalue weighted by molar-refractivity contribution is 7.99. The van der Waals surface area contributed by atoms with Crippen LogP contribution in [0.3, 0.4) is 0 Å². The molecule has 1 saturated carbocycles. The van der Waals surface area contributed by atoms with Gasteiger partial charge in [-0.2, -0.15) is 11.8 Å². The molecule has 2 atom stereocenters. The summed E-state index contributed by atoms with van der Waals surface area (Å²) in [6.07, 6.45) is 5.35. The molecule has 3 nitrogen and oxygen atoms in total. The second-order valence-electron chi connectivity index (χ2n) is 4.57. The molecule has 1 aromatic carbocycles. The monoisotopic (exact) mass is 284 g/mol. The topological polar surface area (TPSA) is 55.1 Å². The smallest absolute Gasteiger partial charge is 0.253 e. The number of halogens is 1. The molecular formula is C13H17ClN2OS. The van der Waals surface area contributed by atoms with E-state index in [0.717, 1.165) is 19.3 Å². The first-order valence-electron chi connectivity index (χ1n) is 5.99. The Morgan fingerprint density at radius 3 is 2.94 bits per heavy atom. The minimum absolute atomic E-state index is 0.123. The highest BCUT2D eigenvalue weighted by atomic mass is 35.5. The fraction of sp³-hybridized carbons (Fsp3) is 0.462. The van der Waals surface area contributed by atoms with E-state index in [9.17, 15) is 4.79 Å². The van der Waals surface area contributed by atoms with E-state index in [0.29, 0.717) is 21.5 Å². The van der Waals surface area contributed by atoms with Crippen LogP contribution in [0.2, 0.25) is 5.02 Å². The highest BCUT2D eigenvalue weighted by Crippen LogP contribution is 2.28. The second-order valence-corrected chi connectivity index (χ2v) is 6.15. The van der Waals surface area contributed by atoms with Crippen LogP contribution in [-0.4, -0.2) is 23.5 Å². The third kappa shape index (κ3) is 3.12. The molecule has 0 heterocycles. The lowest BCUT2D eigenvalue weighted by Crippen LogP contribution is -2.33. The average Bonchev–Trinajstić information content (AvgIpc) is 2.80. The lowest BCUT2D eigenvalue weighted by molar-refractivity contribution is 0.0939. The molecule has 1 aliphatic rings. The number of carbonyl (C=O) groups excluding carboxylic acids is 1. The number of anilines is 1. The van der Waals surface area contributed by atoms with Crippen LogP contribution in [0.5, 0.6) is 0 Å².